The molecule has 0 aromatic heterocycles. The van der Waals surface area contributed by atoms with Crippen LogP contribution in [0.3, 0.4) is 0 Å². The molecule has 0 bridgehead atoms. The van der Waals surface area contributed by atoms with Crippen molar-refractivity contribution in [2.75, 3.05) is 27.2 Å². The van der Waals surface area contributed by atoms with Crippen LogP contribution in [-0.4, -0.2) is 37.9 Å². The van der Waals surface area contributed by atoms with E-state index in [4.69, 9.17) is 4.74 Å². The van der Waals surface area contributed by atoms with E-state index >= 15 is 0 Å². The van der Waals surface area contributed by atoms with Gasteiger partial charge in [-0.3, -0.25) is 4.79 Å². The molecule has 0 aliphatic heterocycles. The number of fused-ring (bicyclic) bond motifs is 3. The standard InChI is InChI=1S/C17H16FNO2/c1-19(2)7-8-21-12-4-6-14-13-5-3-11(18)9-15(13)17(20)16(14)10-12/h3-6,9-10H,7-8H2,1-2H3. The Labute approximate surface area is 123 Å². The molecule has 0 fully saturated rings. The molecule has 0 radical (unpaired) electrons. The first-order chi connectivity index (χ1) is 10.1. The van der Waals surface area contributed by atoms with Crippen LogP contribution in [-0.2, 0) is 0 Å². The molecule has 1 aliphatic carbocycles. The summed E-state index contributed by atoms with van der Waals surface area (Å²) in [7, 11) is 3.95. The van der Waals surface area contributed by atoms with Gasteiger partial charge in [0, 0.05) is 17.7 Å². The maximum Gasteiger partial charge on any atom is 0.194 e. The minimum Gasteiger partial charge on any atom is -0.492 e. The lowest BCUT2D eigenvalue weighted by atomic mass is 10.1. The molecule has 0 amide bonds. The Morgan fingerprint density at radius 2 is 1.67 bits per heavy atom. The van der Waals surface area contributed by atoms with Gasteiger partial charge in [0.2, 0.25) is 0 Å². The summed E-state index contributed by atoms with van der Waals surface area (Å²) in [6.07, 6.45) is 0. The van der Waals surface area contributed by atoms with Gasteiger partial charge in [-0.1, -0.05) is 6.07 Å². The van der Waals surface area contributed by atoms with Crippen LogP contribution in [0.1, 0.15) is 15.9 Å². The number of hydrogen-bond donors (Lipinski definition) is 0. The number of rotatable bonds is 4. The molecule has 108 valence electrons. The van der Waals surface area contributed by atoms with Gasteiger partial charge in [0.1, 0.15) is 18.2 Å². The maximum absolute atomic E-state index is 13.3. The van der Waals surface area contributed by atoms with E-state index in [-0.39, 0.29) is 5.78 Å². The Morgan fingerprint density at radius 3 is 2.38 bits per heavy atom. The van der Waals surface area contributed by atoms with Crippen molar-refractivity contribution < 1.29 is 13.9 Å². The Kier molecular flexibility index (Phi) is 3.47. The van der Waals surface area contributed by atoms with E-state index in [2.05, 4.69) is 0 Å². The van der Waals surface area contributed by atoms with Crippen molar-refractivity contribution in [2.45, 2.75) is 0 Å². The highest BCUT2D eigenvalue weighted by Gasteiger charge is 2.27. The van der Waals surface area contributed by atoms with E-state index in [1.54, 1.807) is 12.1 Å². The third-order valence-electron chi connectivity index (χ3n) is 3.56. The number of halogens is 1. The topological polar surface area (TPSA) is 29.5 Å². The van der Waals surface area contributed by atoms with Gasteiger partial charge in [-0.25, -0.2) is 4.39 Å². The van der Waals surface area contributed by atoms with Crippen molar-refractivity contribution >= 4 is 5.78 Å². The van der Waals surface area contributed by atoms with E-state index in [0.29, 0.717) is 23.5 Å². The van der Waals surface area contributed by atoms with E-state index in [1.807, 2.05) is 31.1 Å². The first-order valence-electron chi connectivity index (χ1n) is 6.82. The first-order valence-corrected chi connectivity index (χ1v) is 6.82. The lowest BCUT2D eigenvalue weighted by molar-refractivity contribution is 0.104. The van der Waals surface area contributed by atoms with Gasteiger partial charge < -0.3 is 9.64 Å². The van der Waals surface area contributed by atoms with E-state index in [9.17, 15) is 9.18 Å². The van der Waals surface area contributed by atoms with Crippen molar-refractivity contribution in [1.82, 2.24) is 4.90 Å². The van der Waals surface area contributed by atoms with Crippen LogP contribution in [0.2, 0.25) is 0 Å². The molecule has 0 unspecified atom stereocenters. The summed E-state index contributed by atoms with van der Waals surface area (Å²) in [6.45, 7) is 1.36. The summed E-state index contributed by atoms with van der Waals surface area (Å²) in [5.41, 5.74) is 2.64. The Bertz CT molecular complexity index is 710. The predicted molar refractivity (Wildman–Crippen MR) is 79.3 cm³/mol. The average molecular weight is 285 g/mol. The third kappa shape index (κ3) is 2.54. The number of likely N-dealkylation sites (N-methyl/N-ethyl adjacent to an activating group) is 1. The van der Waals surface area contributed by atoms with Crippen molar-refractivity contribution in [3.63, 3.8) is 0 Å². The molecule has 3 nitrogen and oxygen atoms in total. The van der Waals surface area contributed by atoms with Crippen LogP contribution < -0.4 is 4.74 Å². The van der Waals surface area contributed by atoms with E-state index in [1.165, 1.54) is 12.1 Å². The monoisotopic (exact) mass is 285 g/mol. The Morgan fingerprint density at radius 1 is 1.00 bits per heavy atom. The fourth-order valence-corrected chi connectivity index (χ4v) is 2.47. The molecule has 0 atom stereocenters. The lowest BCUT2D eigenvalue weighted by Gasteiger charge is -2.11. The van der Waals surface area contributed by atoms with Crippen LogP contribution >= 0.6 is 0 Å². The lowest BCUT2D eigenvalue weighted by Crippen LogP contribution is -2.19. The predicted octanol–water partition coefficient (Wildman–Crippen LogP) is 2.98. The molecule has 4 heteroatoms. The minimum atomic E-state index is -0.391. The second kappa shape index (κ2) is 5.30. The molecule has 21 heavy (non-hydrogen) atoms. The van der Waals surface area contributed by atoms with Crippen molar-refractivity contribution in [3.05, 3.63) is 53.3 Å². The second-order valence-electron chi connectivity index (χ2n) is 5.38. The zero-order valence-corrected chi connectivity index (χ0v) is 12.0. The highest BCUT2D eigenvalue weighted by atomic mass is 19.1. The average Bonchev–Trinajstić information content (AvgIpc) is 2.71. The van der Waals surface area contributed by atoms with E-state index < -0.39 is 5.82 Å². The smallest absolute Gasteiger partial charge is 0.194 e. The van der Waals surface area contributed by atoms with Crippen LogP contribution in [0.5, 0.6) is 5.75 Å². The highest BCUT2D eigenvalue weighted by molar-refractivity contribution is 6.21. The van der Waals surface area contributed by atoms with Gasteiger partial charge in [-0.05, 0) is 55.6 Å². The van der Waals surface area contributed by atoms with E-state index in [0.717, 1.165) is 17.7 Å². The summed E-state index contributed by atoms with van der Waals surface area (Å²) in [5, 5.41) is 0. The SMILES string of the molecule is CN(C)CCOc1ccc2c(c1)C(=O)c1cc(F)ccc1-2. The number of carbonyl (C=O) groups is 1. The summed E-state index contributed by atoms with van der Waals surface area (Å²) < 4.78 is 18.9. The Hall–Kier alpha value is -2.20. The van der Waals surface area contributed by atoms with Gasteiger partial charge in [0.05, 0.1) is 0 Å². The summed E-state index contributed by atoms with van der Waals surface area (Å²) >= 11 is 0. The highest BCUT2D eigenvalue weighted by Crippen LogP contribution is 2.38. The number of hydrogen-bond acceptors (Lipinski definition) is 3. The molecule has 0 spiro atoms. The van der Waals surface area contributed by atoms with Gasteiger partial charge in [-0.2, -0.15) is 0 Å². The van der Waals surface area contributed by atoms with Crippen molar-refractivity contribution in [1.29, 1.82) is 0 Å². The number of ether oxygens (including phenoxy) is 1. The molecule has 3 rings (SSSR count). The maximum atomic E-state index is 13.3. The zero-order chi connectivity index (χ0) is 15.0. The molecular formula is C17H16FNO2. The number of benzene rings is 2. The zero-order valence-electron chi connectivity index (χ0n) is 12.0. The molecule has 0 saturated carbocycles. The quantitative estimate of drug-likeness (QED) is 0.738. The van der Waals surface area contributed by atoms with Crippen molar-refractivity contribution in [2.24, 2.45) is 0 Å². The third-order valence-corrected chi connectivity index (χ3v) is 3.56. The molecule has 1 aliphatic rings. The molecule has 2 aromatic carbocycles. The number of ketones is 1. The fourth-order valence-electron chi connectivity index (χ4n) is 2.47. The van der Waals surface area contributed by atoms with Crippen LogP contribution in [0, 0.1) is 5.82 Å². The van der Waals surface area contributed by atoms with Crippen LogP contribution in [0.25, 0.3) is 11.1 Å². The Balaban J connectivity index is 1.89. The van der Waals surface area contributed by atoms with Gasteiger partial charge >= 0.3 is 0 Å². The molecule has 0 heterocycles. The summed E-state index contributed by atoms with van der Waals surface area (Å²) in [4.78, 5) is 14.4. The second-order valence-corrected chi connectivity index (χ2v) is 5.38. The minimum absolute atomic E-state index is 0.141. The fraction of sp³-hybridized carbons (Fsp3) is 0.235. The number of nitrogens with zero attached hydrogens (tertiary/aromatic N) is 1. The molecule has 0 saturated heterocycles. The first kappa shape index (κ1) is 13.8. The molecule has 0 N–H and O–H groups in total. The summed E-state index contributed by atoms with van der Waals surface area (Å²) in [5.74, 6) is 0.132. The van der Waals surface area contributed by atoms with Crippen LogP contribution in [0.15, 0.2) is 36.4 Å². The van der Waals surface area contributed by atoms with Crippen molar-refractivity contribution in [3.8, 4) is 16.9 Å². The van der Waals surface area contributed by atoms with Gasteiger partial charge in [0.25, 0.3) is 0 Å². The number of carbonyl (C=O) groups excluding carboxylic acids is 1. The summed E-state index contributed by atoms with van der Waals surface area (Å²) in [6, 6.07) is 9.78. The van der Waals surface area contributed by atoms with Crippen LogP contribution in [0.4, 0.5) is 4.39 Å². The normalized spacial score (nSPS) is 12.5. The molecular weight excluding hydrogens is 269 g/mol. The van der Waals surface area contributed by atoms with Gasteiger partial charge in [-0.15, -0.1) is 0 Å². The largest absolute Gasteiger partial charge is 0.492 e. The molecule has 2 aromatic rings. The van der Waals surface area contributed by atoms with Gasteiger partial charge in [0.15, 0.2) is 5.78 Å².